The molecule has 0 aliphatic carbocycles. The van der Waals surface area contributed by atoms with Gasteiger partial charge in [0, 0.05) is 24.7 Å². The molecule has 0 saturated carbocycles. The molecule has 1 fully saturated rings. The number of amides is 1. The third-order valence-electron chi connectivity index (χ3n) is 3.53. The minimum absolute atomic E-state index is 0.0120. The lowest BCUT2D eigenvalue weighted by atomic mass is 9.98. The van der Waals surface area contributed by atoms with Crippen LogP contribution in [-0.2, 0) is 4.74 Å². The van der Waals surface area contributed by atoms with Crippen molar-refractivity contribution in [3.05, 3.63) is 28.0 Å². The first-order valence-corrected chi connectivity index (χ1v) is 7.35. The van der Waals surface area contributed by atoms with Gasteiger partial charge >= 0.3 is 0 Å². The summed E-state index contributed by atoms with van der Waals surface area (Å²) in [5.74, 6) is -0.289. The van der Waals surface area contributed by atoms with Gasteiger partial charge in [0.05, 0.1) is 17.9 Å². The van der Waals surface area contributed by atoms with Crippen molar-refractivity contribution in [3.63, 3.8) is 0 Å². The lowest BCUT2D eigenvalue weighted by Crippen LogP contribution is -2.41. The molecule has 1 aliphatic rings. The van der Waals surface area contributed by atoms with Crippen LogP contribution in [0.2, 0.25) is 0 Å². The SMILES string of the molecule is COCC1CCCN(C(=O)c2cc(N)c(F)cc2Br)C1. The van der Waals surface area contributed by atoms with Gasteiger partial charge in [0.25, 0.3) is 5.91 Å². The Morgan fingerprint density at radius 1 is 1.60 bits per heavy atom. The van der Waals surface area contributed by atoms with E-state index >= 15 is 0 Å². The van der Waals surface area contributed by atoms with Crippen molar-refractivity contribution >= 4 is 27.5 Å². The molecular weight excluding hydrogens is 327 g/mol. The van der Waals surface area contributed by atoms with Gasteiger partial charge in [0.2, 0.25) is 0 Å². The first kappa shape index (κ1) is 15.3. The second kappa shape index (κ2) is 6.54. The highest BCUT2D eigenvalue weighted by atomic mass is 79.9. The molecule has 2 rings (SSSR count). The van der Waals surface area contributed by atoms with Gasteiger partial charge in [0.15, 0.2) is 0 Å². The van der Waals surface area contributed by atoms with Gasteiger partial charge in [-0.15, -0.1) is 0 Å². The highest BCUT2D eigenvalue weighted by Crippen LogP contribution is 2.26. The monoisotopic (exact) mass is 344 g/mol. The summed E-state index contributed by atoms with van der Waals surface area (Å²) in [4.78, 5) is 14.3. The van der Waals surface area contributed by atoms with E-state index in [-0.39, 0.29) is 11.6 Å². The maximum Gasteiger partial charge on any atom is 0.255 e. The number of methoxy groups -OCH3 is 1. The first-order chi connectivity index (χ1) is 9.52. The zero-order chi connectivity index (χ0) is 14.7. The fourth-order valence-electron chi connectivity index (χ4n) is 2.52. The molecule has 1 atom stereocenters. The van der Waals surface area contributed by atoms with Crippen LogP contribution in [0.4, 0.5) is 10.1 Å². The molecule has 1 unspecified atom stereocenters. The molecule has 0 aromatic heterocycles. The molecule has 1 amide bonds. The molecule has 1 aromatic rings. The Balaban J connectivity index is 2.16. The van der Waals surface area contributed by atoms with Crippen molar-refractivity contribution < 1.29 is 13.9 Å². The molecule has 6 heteroatoms. The van der Waals surface area contributed by atoms with Crippen LogP contribution in [0.1, 0.15) is 23.2 Å². The van der Waals surface area contributed by atoms with Crippen LogP contribution >= 0.6 is 15.9 Å². The Morgan fingerprint density at radius 2 is 2.35 bits per heavy atom. The topological polar surface area (TPSA) is 55.6 Å². The summed E-state index contributed by atoms with van der Waals surface area (Å²) in [6.07, 6.45) is 2.01. The van der Waals surface area contributed by atoms with Gasteiger partial charge < -0.3 is 15.4 Å². The van der Waals surface area contributed by atoms with Crippen LogP contribution in [0.15, 0.2) is 16.6 Å². The van der Waals surface area contributed by atoms with Gasteiger partial charge in [-0.2, -0.15) is 0 Å². The Kier molecular flexibility index (Phi) is 4.99. The van der Waals surface area contributed by atoms with E-state index in [1.807, 2.05) is 0 Å². The molecule has 1 aromatic carbocycles. The van der Waals surface area contributed by atoms with Crippen LogP contribution in [0, 0.1) is 11.7 Å². The molecule has 2 N–H and O–H groups in total. The fraction of sp³-hybridized carbons (Fsp3) is 0.500. The fourth-order valence-corrected chi connectivity index (χ4v) is 3.01. The van der Waals surface area contributed by atoms with E-state index in [1.54, 1.807) is 12.0 Å². The zero-order valence-corrected chi connectivity index (χ0v) is 13.0. The molecule has 20 heavy (non-hydrogen) atoms. The third kappa shape index (κ3) is 3.30. The van der Waals surface area contributed by atoms with E-state index in [4.69, 9.17) is 10.5 Å². The number of halogens is 2. The number of likely N-dealkylation sites (tertiary alicyclic amines) is 1. The van der Waals surface area contributed by atoms with E-state index in [0.29, 0.717) is 35.7 Å². The average molecular weight is 345 g/mol. The number of nitrogens with two attached hydrogens (primary N) is 1. The molecular formula is C14H18BrFN2O2. The Morgan fingerprint density at radius 3 is 3.05 bits per heavy atom. The van der Waals surface area contributed by atoms with Crippen LogP contribution < -0.4 is 5.73 Å². The molecule has 1 saturated heterocycles. The Bertz CT molecular complexity index is 508. The Hall–Kier alpha value is -1.14. The predicted octanol–water partition coefficient (Wildman–Crippen LogP) is 2.67. The maximum atomic E-state index is 13.3. The molecule has 0 bridgehead atoms. The summed E-state index contributed by atoms with van der Waals surface area (Å²) in [7, 11) is 1.66. The number of ether oxygens (including phenoxy) is 1. The number of piperidine rings is 1. The molecule has 110 valence electrons. The summed E-state index contributed by atoms with van der Waals surface area (Å²) in [6.45, 7) is 2.02. The number of benzene rings is 1. The van der Waals surface area contributed by atoms with Crippen LogP contribution in [0.25, 0.3) is 0 Å². The summed E-state index contributed by atoms with van der Waals surface area (Å²) in [6, 6.07) is 2.63. The van der Waals surface area contributed by atoms with Gasteiger partial charge in [-0.3, -0.25) is 4.79 Å². The van der Waals surface area contributed by atoms with E-state index < -0.39 is 5.82 Å². The molecule has 1 aliphatic heterocycles. The van der Waals surface area contributed by atoms with E-state index in [0.717, 1.165) is 12.8 Å². The second-order valence-electron chi connectivity index (χ2n) is 5.07. The van der Waals surface area contributed by atoms with Crippen LogP contribution in [0.5, 0.6) is 0 Å². The van der Waals surface area contributed by atoms with Crippen molar-refractivity contribution in [2.75, 3.05) is 32.5 Å². The normalized spacial score (nSPS) is 19.1. The summed E-state index contributed by atoms with van der Waals surface area (Å²) < 4.78 is 18.9. The van der Waals surface area contributed by atoms with Gasteiger partial charge in [-0.1, -0.05) is 0 Å². The first-order valence-electron chi connectivity index (χ1n) is 6.55. The molecule has 1 heterocycles. The number of anilines is 1. The molecule has 0 radical (unpaired) electrons. The van der Waals surface area contributed by atoms with Crippen molar-refractivity contribution in [2.24, 2.45) is 5.92 Å². The van der Waals surface area contributed by atoms with Crippen molar-refractivity contribution in [3.8, 4) is 0 Å². The summed E-state index contributed by atoms with van der Waals surface area (Å²) in [5, 5.41) is 0. The quantitative estimate of drug-likeness (QED) is 0.857. The number of rotatable bonds is 3. The van der Waals surface area contributed by atoms with Crippen LogP contribution in [-0.4, -0.2) is 37.6 Å². The minimum Gasteiger partial charge on any atom is -0.396 e. The molecule has 4 nitrogen and oxygen atoms in total. The lowest BCUT2D eigenvalue weighted by molar-refractivity contribution is 0.0570. The smallest absolute Gasteiger partial charge is 0.255 e. The number of nitrogens with zero attached hydrogens (tertiary/aromatic N) is 1. The molecule has 0 spiro atoms. The summed E-state index contributed by atoms with van der Waals surface area (Å²) >= 11 is 3.23. The number of nitrogen functional groups attached to an aromatic ring is 1. The van der Waals surface area contributed by atoms with Crippen molar-refractivity contribution in [2.45, 2.75) is 12.8 Å². The largest absolute Gasteiger partial charge is 0.396 e. The maximum absolute atomic E-state index is 13.3. The lowest BCUT2D eigenvalue weighted by Gasteiger charge is -2.32. The van der Waals surface area contributed by atoms with E-state index in [2.05, 4.69) is 15.9 Å². The Labute approximate surface area is 126 Å². The van der Waals surface area contributed by atoms with Gasteiger partial charge in [-0.25, -0.2) is 4.39 Å². The number of hydrogen-bond acceptors (Lipinski definition) is 3. The van der Waals surface area contributed by atoms with Crippen molar-refractivity contribution in [1.82, 2.24) is 4.90 Å². The van der Waals surface area contributed by atoms with E-state index in [1.165, 1.54) is 12.1 Å². The third-order valence-corrected chi connectivity index (χ3v) is 4.18. The second-order valence-corrected chi connectivity index (χ2v) is 5.92. The standard InChI is InChI=1S/C14H18BrFN2O2/c1-20-8-9-3-2-4-18(7-9)14(19)10-5-13(17)12(16)6-11(10)15/h5-6,9H,2-4,7-8,17H2,1H3. The van der Waals surface area contributed by atoms with E-state index in [9.17, 15) is 9.18 Å². The van der Waals surface area contributed by atoms with Gasteiger partial charge in [-0.05, 0) is 46.8 Å². The number of hydrogen-bond donors (Lipinski definition) is 1. The summed E-state index contributed by atoms with van der Waals surface area (Å²) in [5.41, 5.74) is 5.94. The van der Waals surface area contributed by atoms with Gasteiger partial charge in [0.1, 0.15) is 5.82 Å². The zero-order valence-electron chi connectivity index (χ0n) is 11.4. The predicted molar refractivity (Wildman–Crippen MR) is 79.0 cm³/mol. The highest BCUT2D eigenvalue weighted by molar-refractivity contribution is 9.10. The highest BCUT2D eigenvalue weighted by Gasteiger charge is 2.26. The minimum atomic E-state index is -0.524. The number of carbonyl (C=O) groups is 1. The van der Waals surface area contributed by atoms with Crippen LogP contribution in [0.3, 0.4) is 0 Å². The number of carbonyl (C=O) groups excluding carboxylic acids is 1. The van der Waals surface area contributed by atoms with Crippen molar-refractivity contribution in [1.29, 1.82) is 0 Å². The average Bonchev–Trinajstić information content (AvgIpc) is 2.43.